The van der Waals surface area contributed by atoms with Crippen LogP contribution in [0.3, 0.4) is 0 Å². The average molecular weight is 244 g/mol. The van der Waals surface area contributed by atoms with Gasteiger partial charge < -0.3 is 0 Å². The quantitative estimate of drug-likeness (QED) is 0.672. The molecule has 1 aromatic heterocycles. The van der Waals surface area contributed by atoms with Gasteiger partial charge in [-0.1, -0.05) is 4.70 Å². The second-order valence-corrected chi connectivity index (χ2v) is 3.73. The van der Waals surface area contributed by atoms with Gasteiger partial charge in [0.2, 0.25) is 0 Å². The van der Waals surface area contributed by atoms with E-state index in [1.54, 1.807) is 36.0 Å². The lowest BCUT2D eigenvalue weighted by Gasteiger charge is -2.00. The molecular weight excluding hydrogens is 233 g/mol. The SMILES string of the molecule is C[N+]1=NC(C(F)(F)F)=NC1c1cccc[n+]1C. The number of nitrogens with zero attached hydrogens (tertiary/aromatic N) is 4. The summed E-state index contributed by atoms with van der Waals surface area (Å²) in [7, 11) is 3.23. The molecule has 0 aliphatic carbocycles. The van der Waals surface area contributed by atoms with Gasteiger partial charge in [-0.05, 0) is 6.07 Å². The molecule has 0 amide bonds. The van der Waals surface area contributed by atoms with Gasteiger partial charge in [-0.2, -0.15) is 22.7 Å². The standard InChI is InChI=1S/C10H11F3N4/c1-16-6-4-3-5-7(16)8-14-9(10(11,12)13)15-17(8)2/h3-6,8H,1-2H3/q+2. The van der Waals surface area contributed by atoms with E-state index in [1.165, 1.54) is 11.7 Å². The Morgan fingerprint density at radius 1 is 1.24 bits per heavy atom. The van der Waals surface area contributed by atoms with Gasteiger partial charge in [0, 0.05) is 17.2 Å². The predicted octanol–water partition coefficient (Wildman–Crippen LogP) is 1.58. The normalized spacial score (nSPS) is 20.2. The summed E-state index contributed by atoms with van der Waals surface area (Å²) in [6.45, 7) is 0. The Kier molecular flexibility index (Phi) is 2.68. The van der Waals surface area contributed by atoms with Crippen molar-refractivity contribution in [2.24, 2.45) is 17.2 Å². The molecule has 2 heterocycles. The highest BCUT2D eigenvalue weighted by molar-refractivity contribution is 5.88. The predicted molar refractivity (Wildman–Crippen MR) is 52.5 cm³/mol. The van der Waals surface area contributed by atoms with E-state index in [9.17, 15) is 13.2 Å². The van der Waals surface area contributed by atoms with Gasteiger partial charge >= 0.3 is 18.2 Å². The summed E-state index contributed by atoms with van der Waals surface area (Å²) in [5.41, 5.74) is 0.651. The van der Waals surface area contributed by atoms with Crippen LogP contribution in [0, 0.1) is 0 Å². The molecule has 1 atom stereocenters. The molecule has 1 aromatic rings. The first kappa shape index (κ1) is 11.7. The summed E-state index contributed by atoms with van der Waals surface area (Å²) in [6, 6.07) is 5.27. The van der Waals surface area contributed by atoms with E-state index in [1.807, 2.05) is 0 Å². The number of halogens is 3. The fourth-order valence-electron chi connectivity index (χ4n) is 1.62. The van der Waals surface area contributed by atoms with E-state index >= 15 is 0 Å². The molecule has 0 aromatic carbocycles. The van der Waals surface area contributed by atoms with Crippen LogP contribution in [0.25, 0.3) is 0 Å². The largest absolute Gasteiger partial charge is 0.457 e. The zero-order chi connectivity index (χ0) is 12.6. The molecule has 17 heavy (non-hydrogen) atoms. The van der Waals surface area contributed by atoms with Gasteiger partial charge in [0.15, 0.2) is 13.2 Å². The molecule has 7 heteroatoms. The van der Waals surface area contributed by atoms with Crippen molar-refractivity contribution in [2.45, 2.75) is 12.3 Å². The highest BCUT2D eigenvalue weighted by Gasteiger charge is 2.46. The Bertz CT molecular complexity index is 505. The Labute approximate surface area is 95.7 Å². The van der Waals surface area contributed by atoms with Crippen LogP contribution in [-0.2, 0) is 7.05 Å². The molecule has 90 valence electrons. The lowest BCUT2D eigenvalue weighted by molar-refractivity contribution is -0.708. The lowest BCUT2D eigenvalue weighted by Crippen LogP contribution is -2.35. The van der Waals surface area contributed by atoms with Crippen molar-refractivity contribution in [1.82, 2.24) is 0 Å². The van der Waals surface area contributed by atoms with Crippen LogP contribution in [0.2, 0.25) is 0 Å². The number of hydrogen-bond donors (Lipinski definition) is 0. The summed E-state index contributed by atoms with van der Waals surface area (Å²) >= 11 is 0. The maximum Gasteiger partial charge on any atom is 0.457 e. The van der Waals surface area contributed by atoms with Gasteiger partial charge in [0.05, 0.1) is 0 Å². The first-order valence-corrected chi connectivity index (χ1v) is 4.93. The topological polar surface area (TPSA) is 31.6 Å². The third kappa shape index (κ3) is 2.17. The highest BCUT2D eigenvalue weighted by atomic mass is 19.4. The van der Waals surface area contributed by atoms with Crippen molar-refractivity contribution < 1.29 is 22.4 Å². The van der Waals surface area contributed by atoms with Crippen molar-refractivity contribution in [2.75, 3.05) is 7.05 Å². The van der Waals surface area contributed by atoms with Crippen LogP contribution in [0.15, 0.2) is 34.5 Å². The summed E-state index contributed by atoms with van der Waals surface area (Å²) < 4.78 is 40.3. The molecule has 0 fully saturated rings. The number of aromatic nitrogens is 1. The summed E-state index contributed by atoms with van der Waals surface area (Å²) in [4.78, 5) is 3.60. The zero-order valence-electron chi connectivity index (χ0n) is 9.31. The molecule has 1 aliphatic rings. The van der Waals surface area contributed by atoms with Gasteiger partial charge in [0.1, 0.15) is 7.05 Å². The number of hydrogen-bond acceptors (Lipinski definition) is 2. The molecule has 0 radical (unpaired) electrons. The fraction of sp³-hybridized carbons (Fsp3) is 0.400. The van der Waals surface area contributed by atoms with Crippen molar-refractivity contribution in [3.63, 3.8) is 0 Å². The maximum absolute atomic E-state index is 12.5. The molecule has 0 spiro atoms. The van der Waals surface area contributed by atoms with E-state index in [0.29, 0.717) is 5.69 Å². The van der Waals surface area contributed by atoms with Crippen LogP contribution < -0.4 is 4.57 Å². The van der Waals surface area contributed by atoms with Gasteiger partial charge in [-0.15, -0.1) is 0 Å². The highest BCUT2D eigenvalue weighted by Crippen LogP contribution is 2.27. The average Bonchev–Trinajstić information content (AvgIpc) is 2.61. The number of amidine groups is 1. The third-order valence-corrected chi connectivity index (χ3v) is 2.46. The van der Waals surface area contributed by atoms with Crippen molar-refractivity contribution >= 4 is 5.84 Å². The number of pyridine rings is 1. The number of rotatable bonds is 1. The number of aryl methyl sites for hydroxylation is 1. The molecule has 0 saturated carbocycles. The molecule has 4 nitrogen and oxygen atoms in total. The number of aliphatic imine (C=N–C) groups is 1. The minimum absolute atomic E-state index is 0.651. The van der Waals surface area contributed by atoms with Crippen LogP contribution >= 0.6 is 0 Å². The molecule has 0 bridgehead atoms. The van der Waals surface area contributed by atoms with Crippen molar-refractivity contribution in [3.05, 3.63) is 30.1 Å². The molecule has 1 aliphatic heterocycles. The lowest BCUT2D eigenvalue weighted by atomic mass is 10.3. The second kappa shape index (κ2) is 3.90. The first-order chi connectivity index (χ1) is 7.89. The summed E-state index contributed by atoms with van der Waals surface area (Å²) in [5, 5.41) is 3.40. The van der Waals surface area contributed by atoms with Crippen LogP contribution in [-0.4, -0.2) is 23.8 Å². The third-order valence-electron chi connectivity index (χ3n) is 2.46. The van der Waals surface area contributed by atoms with E-state index < -0.39 is 18.2 Å². The Morgan fingerprint density at radius 2 is 1.94 bits per heavy atom. The maximum atomic E-state index is 12.5. The molecule has 1 unspecified atom stereocenters. The summed E-state index contributed by atoms with van der Waals surface area (Å²) in [6.07, 6.45) is -3.47. The van der Waals surface area contributed by atoms with E-state index in [4.69, 9.17) is 0 Å². The Balaban J connectivity index is 2.41. The van der Waals surface area contributed by atoms with E-state index in [2.05, 4.69) is 10.1 Å². The van der Waals surface area contributed by atoms with E-state index in [0.717, 1.165) is 0 Å². The number of alkyl halides is 3. The Morgan fingerprint density at radius 3 is 2.47 bits per heavy atom. The van der Waals surface area contributed by atoms with Crippen LogP contribution in [0.1, 0.15) is 11.9 Å². The fourth-order valence-corrected chi connectivity index (χ4v) is 1.62. The minimum Gasteiger partial charge on any atom is -0.197 e. The molecule has 0 N–H and O–H groups in total. The van der Waals surface area contributed by atoms with Crippen molar-refractivity contribution in [1.29, 1.82) is 0 Å². The van der Waals surface area contributed by atoms with Crippen LogP contribution in [0.4, 0.5) is 13.2 Å². The monoisotopic (exact) mass is 244 g/mol. The summed E-state index contributed by atoms with van der Waals surface area (Å²) in [5.74, 6) is -1.09. The zero-order valence-corrected chi connectivity index (χ0v) is 9.31. The minimum atomic E-state index is -4.50. The number of azo groups is 2. The van der Waals surface area contributed by atoms with E-state index in [-0.39, 0.29) is 0 Å². The van der Waals surface area contributed by atoms with Gasteiger partial charge in [-0.3, -0.25) is 0 Å². The molecular formula is C10H11F3N4+2. The smallest absolute Gasteiger partial charge is 0.197 e. The molecule has 0 saturated heterocycles. The van der Waals surface area contributed by atoms with Gasteiger partial charge in [0.25, 0.3) is 5.69 Å². The second-order valence-electron chi connectivity index (χ2n) is 3.73. The Hall–Kier alpha value is -1.79. The van der Waals surface area contributed by atoms with Crippen LogP contribution in [0.5, 0.6) is 0 Å². The van der Waals surface area contributed by atoms with Gasteiger partial charge in [-0.25, -0.2) is 0 Å². The molecule has 2 rings (SSSR count). The van der Waals surface area contributed by atoms with Crippen molar-refractivity contribution in [3.8, 4) is 0 Å². The first-order valence-electron chi connectivity index (χ1n) is 4.93.